The highest BCUT2D eigenvalue weighted by Gasteiger charge is 2.27. The van der Waals surface area contributed by atoms with Crippen LogP contribution in [0.4, 0.5) is 0 Å². The predicted molar refractivity (Wildman–Crippen MR) is 95.1 cm³/mol. The van der Waals surface area contributed by atoms with Gasteiger partial charge in [-0.25, -0.2) is 0 Å². The second-order valence-electron chi connectivity index (χ2n) is 6.00. The van der Waals surface area contributed by atoms with Crippen LogP contribution in [0.5, 0.6) is 5.75 Å². The maximum atomic E-state index is 12.7. The standard InChI is InChI=1S/C20H24N2O2/c1-2-16-8-10-17(11-9-16)19-14-21-12-13-22(19)20(23)15-24-18-6-4-3-5-7-18/h3-11,19,21H,2,12-15H2,1H3. The van der Waals surface area contributed by atoms with Crippen molar-refractivity contribution in [3.63, 3.8) is 0 Å². The van der Waals surface area contributed by atoms with Crippen LogP contribution in [0.2, 0.25) is 0 Å². The lowest BCUT2D eigenvalue weighted by molar-refractivity contribution is -0.136. The average Bonchev–Trinajstić information content (AvgIpc) is 2.67. The van der Waals surface area contributed by atoms with Gasteiger partial charge in [-0.2, -0.15) is 0 Å². The molecule has 1 heterocycles. The number of benzene rings is 2. The van der Waals surface area contributed by atoms with Crippen molar-refractivity contribution in [2.24, 2.45) is 0 Å². The topological polar surface area (TPSA) is 41.6 Å². The molecule has 4 heteroatoms. The van der Waals surface area contributed by atoms with Gasteiger partial charge >= 0.3 is 0 Å². The maximum Gasteiger partial charge on any atom is 0.261 e. The van der Waals surface area contributed by atoms with Crippen molar-refractivity contribution in [2.45, 2.75) is 19.4 Å². The van der Waals surface area contributed by atoms with Gasteiger partial charge < -0.3 is 15.0 Å². The molecule has 1 fully saturated rings. The second-order valence-corrected chi connectivity index (χ2v) is 6.00. The normalized spacial score (nSPS) is 17.5. The van der Waals surface area contributed by atoms with E-state index in [0.717, 1.165) is 25.3 Å². The number of piperazine rings is 1. The Bertz CT molecular complexity index is 655. The molecular weight excluding hydrogens is 300 g/mol. The summed E-state index contributed by atoms with van der Waals surface area (Å²) in [6, 6.07) is 18.1. The third-order valence-corrected chi connectivity index (χ3v) is 4.44. The summed E-state index contributed by atoms with van der Waals surface area (Å²) in [6.45, 7) is 4.53. The third kappa shape index (κ3) is 3.95. The molecule has 0 aliphatic carbocycles. The van der Waals surface area contributed by atoms with Crippen molar-refractivity contribution >= 4 is 5.91 Å². The van der Waals surface area contributed by atoms with Gasteiger partial charge in [0.1, 0.15) is 5.75 Å². The van der Waals surface area contributed by atoms with E-state index >= 15 is 0 Å². The molecule has 0 radical (unpaired) electrons. The van der Waals surface area contributed by atoms with Crippen LogP contribution in [-0.2, 0) is 11.2 Å². The quantitative estimate of drug-likeness (QED) is 0.919. The van der Waals surface area contributed by atoms with Crippen LogP contribution in [-0.4, -0.2) is 37.0 Å². The number of hydrogen-bond donors (Lipinski definition) is 1. The molecular formula is C20H24N2O2. The zero-order valence-electron chi connectivity index (χ0n) is 14.1. The summed E-state index contributed by atoms with van der Waals surface area (Å²) in [5, 5.41) is 3.39. The number of carbonyl (C=O) groups excluding carboxylic acids is 1. The Hall–Kier alpha value is -2.33. The van der Waals surface area contributed by atoms with E-state index in [2.05, 4.69) is 36.5 Å². The van der Waals surface area contributed by atoms with Crippen LogP contribution in [0, 0.1) is 0 Å². The van der Waals surface area contributed by atoms with Gasteiger partial charge in [-0.3, -0.25) is 4.79 Å². The van der Waals surface area contributed by atoms with Gasteiger partial charge in [0.25, 0.3) is 5.91 Å². The summed E-state index contributed by atoms with van der Waals surface area (Å²) in [4.78, 5) is 14.6. The Morgan fingerprint density at radius 2 is 1.92 bits per heavy atom. The van der Waals surface area contributed by atoms with Gasteiger partial charge in [-0.15, -0.1) is 0 Å². The largest absolute Gasteiger partial charge is 0.484 e. The number of hydrogen-bond acceptors (Lipinski definition) is 3. The van der Waals surface area contributed by atoms with Crippen LogP contribution in [0.3, 0.4) is 0 Å². The number of rotatable bonds is 5. The minimum absolute atomic E-state index is 0.0323. The van der Waals surface area contributed by atoms with Gasteiger partial charge in [0, 0.05) is 19.6 Å². The fraction of sp³-hybridized carbons (Fsp3) is 0.350. The lowest BCUT2D eigenvalue weighted by Gasteiger charge is -2.36. The Morgan fingerprint density at radius 3 is 2.62 bits per heavy atom. The van der Waals surface area contributed by atoms with Gasteiger partial charge in [0.15, 0.2) is 6.61 Å². The first-order valence-electron chi connectivity index (χ1n) is 8.55. The first kappa shape index (κ1) is 16.5. The molecule has 126 valence electrons. The molecule has 1 N–H and O–H groups in total. The number of carbonyl (C=O) groups is 1. The van der Waals surface area contributed by atoms with Crippen molar-refractivity contribution in [1.82, 2.24) is 10.2 Å². The summed E-state index contributed by atoms with van der Waals surface area (Å²) in [5.74, 6) is 0.759. The van der Waals surface area contributed by atoms with Gasteiger partial charge in [-0.05, 0) is 29.7 Å². The Kier molecular flexibility index (Phi) is 5.49. The molecule has 1 atom stereocenters. The zero-order chi connectivity index (χ0) is 16.8. The molecule has 0 bridgehead atoms. The molecule has 0 saturated carbocycles. The predicted octanol–water partition coefficient (Wildman–Crippen LogP) is 2.80. The molecule has 24 heavy (non-hydrogen) atoms. The highest BCUT2D eigenvalue weighted by Crippen LogP contribution is 2.23. The van der Waals surface area contributed by atoms with Crippen LogP contribution in [0.1, 0.15) is 24.1 Å². The van der Waals surface area contributed by atoms with Gasteiger partial charge in [0.2, 0.25) is 0 Å². The average molecular weight is 324 g/mol. The van der Waals surface area contributed by atoms with E-state index in [9.17, 15) is 4.79 Å². The summed E-state index contributed by atoms with van der Waals surface area (Å²) in [5.41, 5.74) is 2.49. The fourth-order valence-electron chi connectivity index (χ4n) is 3.02. The minimum Gasteiger partial charge on any atom is -0.484 e. The smallest absolute Gasteiger partial charge is 0.261 e. The number of ether oxygens (including phenoxy) is 1. The molecule has 0 aromatic heterocycles. The van der Waals surface area contributed by atoms with Gasteiger partial charge in [0.05, 0.1) is 6.04 Å². The molecule has 3 rings (SSSR count). The monoisotopic (exact) mass is 324 g/mol. The lowest BCUT2D eigenvalue weighted by Crippen LogP contribution is -2.50. The van der Waals surface area contributed by atoms with E-state index < -0.39 is 0 Å². The van der Waals surface area contributed by atoms with Crippen LogP contribution >= 0.6 is 0 Å². The van der Waals surface area contributed by atoms with Crippen LogP contribution in [0.15, 0.2) is 54.6 Å². The summed E-state index contributed by atoms with van der Waals surface area (Å²) < 4.78 is 5.63. The van der Waals surface area contributed by atoms with Crippen molar-refractivity contribution < 1.29 is 9.53 Å². The maximum absolute atomic E-state index is 12.7. The van der Waals surface area contributed by atoms with Gasteiger partial charge in [-0.1, -0.05) is 49.4 Å². The van der Waals surface area contributed by atoms with Crippen molar-refractivity contribution in [1.29, 1.82) is 0 Å². The highest BCUT2D eigenvalue weighted by atomic mass is 16.5. The molecule has 1 aliphatic rings. The molecule has 1 aliphatic heterocycles. The Balaban J connectivity index is 1.67. The van der Waals surface area contributed by atoms with Crippen LogP contribution < -0.4 is 10.1 Å². The number of amides is 1. The summed E-state index contributed by atoms with van der Waals surface area (Å²) in [6.07, 6.45) is 1.02. The number of aryl methyl sites for hydroxylation is 1. The van der Waals surface area contributed by atoms with Crippen molar-refractivity contribution in [3.8, 4) is 5.75 Å². The summed E-state index contributed by atoms with van der Waals surface area (Å²) in [7, 11) is 0. The zero-order valence-corrected chi connectivity index (χ0v) is 14.1. The van der Waals surface area contributed by atoms with E-state index in [-0.39, 0.29) is 18.6 Å². The lowest BCUT2D eigenvalue weighted by atomic mass is 10.0. The molecule has 4 nitrogen and oxygen atoms in total. The number of para-hydroxylation sites is 1. The van der Waals surface area contributed by atoms with E-state index in [0.29, 0.717) is 6.54 Å². The Morgan fingerprint density at radius 1 is 1.17 bits per heavy atom. The van der Waals surface area contributed by atoms with E-state index in [1.165, 1.54) is 11.1 Å². The van der Waals surface area contributed by atoms with Crippen molar-refractivity contribution in [3.05, 3.63) is 65.7 Å². The second kappa shape index (κ2) is 7.97. The van der Waals surface area contributed by atoms with E-state index in [4.69, 9.17) is 4.74 Å². The molecule has 1 saturated heterocycles. The third-order valence-electron chi connectivity index (χ3n) is 4.44. The molecule has 1 amide bonds. The summed E-state index contributed by atoms with van der Waals surface area (Å²) >= 11 is 0. The molecule has 1 unspecified atom stereocenters. The minimum atomic E-state index is 0.0323. The van der Waals surface area contributed by atoms with E-state index in [1.807, 2.05) is 35.2 Å². The fourth-order valence-corrected chi connectivity index (χ4v) is 3.02. The number of nitrogens with one attached hydrogen (secondary N) is 1. The molecule has 0 spiro atoms. The van der Waals surface area contributed by atoms with Crippen molar-refractivity contribution in [2.75, 3.05) is 26.2 Å². The molecule has 2 aromatic carbocycles. The van der Waals surface area contributed by atoms with Crippen LogP contribution in [0.25, 0.3) is 0 Å². The van der Waals surface area contributed by atoms with E-state index in [1.54, 1.807) is 0 Å². The first-order valence-corrected chi connectivity index (χ1v) is 8.55. The number of nitrogens with zero attached hydrogens (tertiary/aromatic N) is 1. The highest BCUT2D eigenvalue weighted by molar-refractivity contribution is 5.78. The molecule has 2 aromatic rings. The first-order chi connectivity index (χ1) is 11.8. The SMILES string of the molecule is CCc1ccc(C2CNCCN2C(=O)COc2ccccc2)cc1. The Labute approximate surface area is 143 Å².